The zero-order valence-electron chi connectivity index (χ0n) is 14.8. The van der Waals surface area contributed by atoms with Crippen LogP contribution in [0.4, 0.5) is 5.69 Å². The Morgan fingerprint density at radius 1 is 1.32 bits per heavy atom. The summed E-state index contributed by atoms with van der Waals surface area (Å²) in [7, 11) is 0. The number of carbonyl (C=O) groups is 1. The van der Waals surface area contributed by atoms with Crippen LogP contribution in [0.2, 0.25) is 0 Å². The molecular formula is C17H25N3O5. The molecule has 1 aromatic heterocycles. The maximum Gasteiger partial charge on any atom is 0.351 e. The summed E-state index contributed by atoms with van der Waals surface area (Å²) >= 11 is 0. The molecule has 1 saturated carbocycles. The average Bonchev–Trinajstić information content (AvgIpc) is 2.81. The summed E-state index contributed by atoms with van der Waals surface area (Å²) in [5.41, 5.74) is -0.0413. The lowest BCUT2D eigenvalue weighted by atomic mass is 9.97. The summed E-state index contributed by atoms with van der Waals surface area (Å²) in [6.07, 6.45) is 2.99. The summed E-state index contributed by atoms with van der Waals surface area (Å²) in [5.74, 6) is 0.300. The molecular weight excluding hydrogens is 326 g/mol. The standard InChI is InChI=1S/C17H25N3O5/c1-4-6-12-9-13(7-5-8-21)16(15(12)22)25-17-14(20(23)24)10(2)18-11(3)19-17/h8,12-13,15-16,22H,4-7,9H2,1-3H3/t12-,13?,15+,16-/m0/s1. The second-order valence-electron chi connectivity index (χ2n) is 6.63. The summed E-state index contributed by atoms with van der Waals surface area (Å²) < 4.78 is 5.87. The highest BCUT2D eigenvalue weighted by Crippen LogP contribution is 2.40. The van der Waals surface area contributed by atoms with E-state index in [1.807, 2.05) is 6.92 Å². The molecule has 0 spiro atoms. The van der Waals surface area contributed by atoms with Gasteiger partial charge in [0.1, 0.15) is 23.9 Å². The smallest absolute Gasteiger partial charge is 0.351 e. The van der Waals surface area contributed by atoms with Crippen molar-refractivity contribution < 1.29 is 19.6 Å². The van der Waals surface area contributed by atoms with Crippen molar-refractivity contribution in [1.29, 1.82) is 0 Å². The average molecular weight is 351 g/mol. The second kappa shape index (κ2) is 8.33. The Labute approximate surface area is 146 Å². The van der Waals surface area contributed by atoms with Crippen LogP contribution in [-0.2, 0) is 4.79 Å². The number of ether oxygens (including phenoxy) is 1. The number of nitrogens with zero attached hydrogens (tertiary/aromatic N) is 3. The highest BCUT2D eigenvalue weighted by Gasteiger charge is 2.44. The Bertz CT molecular complexity index is 637. The number of nitro groups is 1. The molecule has 1 N–H and O–H groups in total. The predicted molar refractivity (Wildman–Crippen MR) is 90.4 cm³/mol. The molecule has 8 nitrogen and oxygen atoms in total. The lowest BCUT2D eigenvalue weighted by Gasteiger charge is -2.23. The Morgan fingerprint density at radius 2 is 2.04 bits per heavy atom. The van der Waals surface area contributed by atoms with Gasteiger partial charge < -0.3 is 14.6 Å². The van der Waals surface area contributed by atoms with Crippen molar-refractivity contribution in [3.05, 3.63) is 21.6 Å². The van der Waals surface area contributed by atoms with Crippen LogP contribution in [0.15, 0.2) is 0 Å². The minimum atomic E-state index is -0.730. The lowest BCUT2D eigenvalue weighted by Crippen LogP contribution is -2.34. The van der Waals surface area contributed by atoms with Crippen LogP contribution in [-0.4, -0.2) is 38.5 Å². The molecule has 8 heteroatoms. The minimum Gasteiger partial charge on any atom is -0.466 e. The fraction of sp³-hybridized carbons (Fsp3) is 0.706. The molecule has 1 heterocycles. The number of aryl methyl sites for hydroxylation is 2. The van der Waals surface area contributed by atoms with Crippen molar-refractivity contribution in [1.82, 2.24) is 9.97 Å². The number of hydrogen-bond donors (Lipinski definition) is 1. The first-order valence-corrected chi connectivity index (χ1v) is 8.67. The number of carbonyl (C=O) groups excluding carboxylic acids is 1. The van der Waals surface area contributed by atoms with Gasteiger partial charge in [0.25, 0.3) is 5.88 Å². The van der Waals surface area contributed by atoms with Gasteiger partial charge in [0.05, 0.1) is 11.0 Å². The summed E-state index contributed by atoms with van der Waals surface area (Å²) in [6.45, 7) is 5.22. The van der Waals surface area contributed by atoms with Gasteiger partial charge in [0.15, 0.2) is 0 Å². The first-order chi connectivity index (χ1) is 11.9. The van der Waals surface area contributed by atoms with E-state index in [2.05, 4.69) is 9.97 Å². The maximum absolute atomic E-state index is 11.4. The fourth-order valence-electron chi connectivity index (χ4n) is 3.70. The van der Waals surface area contributed by atoms with Crippen molar-refractivity contribution in [3.8, 4) is 5.88 Å². The normalized spacial score (nSPS) is 25.8. The van der Waals surface area contributed by atoms with E-state index in [9.17, 15) is 20.0 Å². The van der Waals surface area contributed by atoms with Gasteiger partial charge >= 0.3 is 5.69 Å². The molecule has 4 atom stereocenters. The third kappa shape index (κ3) is 4.31. The molecule has 0 bridgehead atoms. The molecule has 0 saturated heterocycles. The predicted octanol–water partition coefficient (Wildman–Crippen LogP) is 2.53. The first-order valence-electron chi connectivity index (χ1n) is 8.67. The molecule has 1 aliphatic rings. The van der Waals surface area contributed by atoms with E-state index < -0.39 is 17.1 Å². The number of hydrogen-bond acceptors (Lipinski definition) is 7. The van der Waals surface area contributed by atoms with Crippen LogP contribution in [0.1, 0.15) is 50.5 Å². The molecule has 1 fully saturated rings. The van der Waals surface area contributed by atoms with E-state index in [1.165, 1.54) is 6.92 Å². The Balaban J connectivity index is 2.32. The number of aliphatic hydroxyl groups excluding tert-OH is 1. The van der Waals surface area contributed by atoms with Crippen molar-refractivity contribution >= 4 is 12.0 Å². The topological polar surface area (TPSA) is 115 Å². The Hall–Kier alpha value is -2.09. The second-order valence-corrected chi connectivity index (χ2v) is 6.63. The zero-order chi connectivity index (χ0) is 18.6. The van der Waals surface area contributed by atoms with Gasteiger partial charge in [0.2, 0.25) is 0 Å². The number of rotatable bonds is 8. The molecule has 0 radical (unpaired) electrons. The fourth-order valence-corrected chi connectivity index (χ4v) is 3.70. The van der Waals surface area contributed by atoms with Gasteiger partial charge in [0, 0.05) is 6.42 Å². The van der Waals surface area contributed by atoms with Crippen LogP contribution in [0, 0.1) is 35.8 Å². The largest absolute Gasteiger partial charge is 0.466 e. The highest BCUT2D eigenvalue weighted by molar-refractivity contribution is 5.49. The summed E-state index contributed by atoms with van der Waals surface area (Å²) in [6, 6.07) is 0. The summed E-state index contributed by atoms with van der Waals surface area (Å²) in [4.78, 5) is 29.6. The molecule has 0 aromatic carbocycles. The third-order valence-electron chi connectivity index (χ3n) is 4.77. The molecule has 2 rings (SSSR count). The van der Waals surface area contributed by atoms with E-state index >= 15 is 0 Å². The zero-order valence-corrected chi connectivity index (χ0v) is 14.8. The van der Waals surface area contributed by atoms with Crippen molar-refractivity contribution in [3.63, 3.8) is 0 Å². The number of aldehydes is 1. The molecule has 25 heavy (non-hydrogen) atoms. The maximum atomic E-state index is 11.4. The Morgan fingerprint density at radius 3 is 2.64 bits per heavy atom. The number of aromatic nitrogens is 2. The molecule has 1 aromatic rings. The van der Waals surface area contributed by atoms with E-state index in [0.717, 1.165) is 25.5 Å². The monoisotopic (exact) mass is 351 g/mol. The van der Waals surface area contributed by atoms with Gasteiger partial charge in [-0.1, -0.05) is 13.3 Å². The first kappa shape index (κ1) is 19.2. The van der Waals surface area contributed by atoms with Gasteiger partial charge in [-0.15, -0.1) is 0 Å². The van der Waals surface area contributed by atoms with Gasteiger partial charge in [-0.3, -0.25) is 10.1 Å². The van der Waals surface area contributed by atoms with Crippen molar-refractivity contribution in [2.45, 2.75) is 65.1 Å². The van der Waals surface area contributed by atoms with Crippen LogP contribution in [0.25, 0.3) is 0 Å². The van der Waals surface area contributed by atoms with Gasteiger partial charge in [-0.2, -0.15) is 4.98 Å². The minimum absolute atomic E-state index is 0.0352. The SMILES string of the molecule is CCC[C@H]1CC(CCC=O)[C@H](Oc2nc(C)nc(C)c2[N+](=O)[O-])[C@@H]1O. The molecule has 1 unspecified atom stereocenters. The van der Waals surface area contributed by atoms with E-state index in [4.69, 9.17) is 4.74 Å². The highest BCUT2D eigenvalue weighted by atomic mass is 16.6. The molecule has 138 valence electrons. The van der Waals surface area contributed by atoms with Gasteiger partial charge in [-0.05, 0) is 44.9 Å². The number of aliphatic hydroxyl groups is 1. The molecule has 0 amide bonds. The van der Waals surface area contributed by atoms with Crippen molar-refractivity contribution in [2.24, 2.45) is 11.8 Å². The molecule has 1 aliphatic carbocycles. The van der Waals surface area contributed by atoms with E-state index in [0.29, 0.717) is 18.7 Å². The van der Waals surface area contributed by atoms with E-state index in [1.54, 1.807) is 6.92 Å². The van der Waals surface area contributed by atoms with Crippen LogP contribution < -0.4 is 4.74 Å². The molecule has 0 aliphatic heterocycles. The van der Waals surface area contributed by atoms with Crippen LogP contribution in [0.5, 0.6) is 5.88 Å². The van der Waals surface area contributed by atoms with Crippen LogP contribution in [0.3, 0.4) is 0 Å². The van der Waals surface area contributed by atoms with E-state index in [-0.39, 0.29) is 29.1 Å². The third-order valence-corrected chi connectivity index (χ3v) is 4.77. The summed E-state index contributed by atoms with van der Waals surface area (Å²) in [5, 5.41) is 22.0. The Kier molecular flexibility index (Phi) is 6.41. The lowest BCUT2D eigenvalue weighted by molar-refractivity contribution is -0.387. The van der Waals surface area contributed by atoms with Crippen LogP contribution >= 0.6 is 0 Å². The van der Waals surface area contributed by atoms with Gasteiger partial charge in [-0.25, -0.2) is 4.98 Å². The van der Waals surface area contributed by atoms with Crippen molar-refractivity contribution in [2.75, 3.05) is 0 Å². The quantitative estimate of drug-likeness (QED) is 0.434.